The van der Waals surface area contributed by atoms with Gasteiger partial charge in [0, 0.05) is 17.7 Å². The van der Waals surface area contributed by atoms with Gasteiger partial charge in [-0.15, -0.1) is 0 Å². The lowest BCUT2D eigenvalue weighted by atomic mass is 9.99. The summed E-state index contributed by atoms with van der Waals surface area (Å²) in [7, 11) is 0. The van der Waals surface area contributed by atoms with Crippen molar-refractivity contribution in [1.82, 2.24) is 5.32 Å². The van der Waals surface area contributed by atoms with Gasteiger partial charge in [0.05, 0.1) is 6.10 Å². The summed E-state index contributed by atoms with van der Waals surface area (Å²) in [5.74, 6) is -0.284. The molecule has 0 spiro atoms. The van der Waals surface area contributed by atoms with Crippen molar-refractivity contribution in [2.75, 3.05) is 13.2 Å². The highest BCUT2D eigenvalue weighted by Crippen LogP contribution is 2.28. The molecular formula is C16H23ClFNO. The molecule has 2 atom stereocenters. The topological polar surface area (TPSA) is 21.3 Å². The molecule has 1 aromatic rings. The Morgan fingerprint density at radius 3 is 3.00 bits per heavy atom. The summed E-state index contributed by atoms with van der Waals surface area (Å²) >= 11 is 6.16. The Labute approximate surface area is 125 Å². The summed E-state index contributed by atoms with van der Waals surface area (Å²) in [6.07, 6.45) is 5.99. The first kappa shape index (κ1) is 15.7. The molecule has 2 rings (SSSR count). The van der Waals surface area contributed by atoms with E-state index >= 15 is 0 Å². The molecule has 1 aliphatic rings. The smallest absolute Gasteiger partial charge is 0.124 e. The van der Waals surface area contributed by atoms with Gasteiger partial charge in [0.2, 0.25) is 0 Å². The van der Waals surface area contributed by atoms with Crippen molar-refractivity contribution in [2.45, 2.75) is 51.2 Å². The molecule has 2 unspecified atom stereocenters. The second-order valence-corrected chi connectivity index (χ2v) is 5.75. The minimum atomic E-state index is -0.284. The van der Waals surface area contributed by atoms with Crippen LogP contribution in [0.2, 0.25) is 5.02 Å². The summed E-state index contributed by atoms with van der Waals surface area (Å²) in [5.41, 5.74) is 0.988. The Bertz CT molecular complexity index is 421. The first-order chi connectivity index (χ1) is 9.70. The molecule has 20 heavy (non-hydrogen) atoms. The van der Waals surface area contributed by atoms with Crippen LogP contribution in [0.15, 0.2) is 18.2 Å². The maximum absolute atomic E-state index is 13.1. The molecule has 1 saturated heterocycles. The quantitative estimate of drug-likeness (QED) is 0.801. The highest BCUT2D eigenvalue weighted by molar-refractivity contribution is 6.31. The number of halogens is 2. The van der Waals surface area contributed by atoms with E-state index in [1.165, 1.54) is 25.0 Å². The Morgan fingerprint density at radius 1 is 1.50 bits per heavy atom. The molecule has 0 aliphatic carbocycles. The van der Waals surface area contributed by atoms with E-state index in [2.05, 4.69) is 12.2 Å². The van der Waals surface area contributed by atoms with Crippen molar-refractivity contribution in [3.05, 3.63) is 34.6 Å². The maximum atomic E-state index is 13.1. The van der Waals surface area contributed by atoms with E-state index in [-0.39, 0.29) is 11.9 Å². The van der Waals surface area contributed by atoms with Crippen molar-refractivity contribution in [1.29, 1.82) is 0 Å². The molecule has 0 radical (unpaired) electrons. The Balaban J connectivity index is 1.91. The van der Waals surface area contributed by atoms with Gasteiger partial charge in [0.1, 0.15) is 5.82 Å². The lowest BCUT2D eigenvalue weighted by Gasteiger charge is -2.20. The van der Waals surface area contributed by atoms with Gasteiger partial charge in [0.25, 0.3) is 0 Å². The minimum absolute atomic E-state index is 0.189. The van der Waals surface area contributed by atoms with Crippen molar-refractivity contribution in [3.8, 4) is 0 Å². The number of benzene rings is 1. The fourth-order valence-electron chi connectivity index (χ4n) is 2.82. The van der Waals surface area contributed by atoms with Gasteiger partial charge >= 0.3 is 0 Å². The van der Waals surface area contributed by atoms with Crippen molar-refractivity contribution >= 4 is 11.6 Å². The van der Waals surface area contributed by atoms with E-state index in [1.807, 2.05) is 0 Å². The zero-order chi connectivity index (χ0) is 14.4. The Hall–Kier alpha value is -0.640. The summed E-state index contributed by atoms with van der Waals surface area (Å²) in [6.45, 7) is 3.86. The average molecular weight is 300 g/mol. The Kier molecular flexibility index (Phi) is 6.27. The van der Waals surface area contributed by atoms with Gasteiger partial charge in [0.15, 0.2) is 0 Å². The molecule has 0 aromatic heterocycles. The van der Waals surface area contributed by atoms with Gasteiger partial charge in [-0.2, -0.15) is 0 Å². The highest BCUT2D eigenvalue weighted by atomic mass is 35.5. The molecule has 4 heteroatoms. The lowest BCUT2D eigenvalue weighted by molar-refractivity contribution is 0.101. The van der Waals surface area contributed by atoms with E-state index in [9.17, 15) is 4.39 Å². The minimum Gasteiger partial charge on any atom is -0.378 e. The van der Waals surface area contributed by atoms with Crippen LogP contribution < -0.4 is 5.32 Å². The maximum Gasteiger partial charge on any atom is 0.124 e. The number of ether oxygens (including phenoxy) is 1. The third-order valence-electron chi connectivity index (χ3n) is 3.83. The van der Waals surface area contributed by atoms with Crippen molar-refractivity contribution in [2.24, 2.45) is 0 Å². The van der Waals surface area contributed by atoms with Crippen LogP contribution >= 0.6 is 11.6 Å². The van der Waals surface area contributed by atoms with Crippen LogP contribution in [0.3, 0.4) is 0 Å². The molecule has 0 saturated carbocycles. The van der Waals surface area contributed by atoms with Crippen molar-refractivity contribution in [3.63, 3.8) is 0 Å². The van der Waals surface area contributed by atoms with E-state index < -0.39 is 0 Å². The molecule has 1 fully saturated rings. The predicted molar refractivity (Wildman–Crippen MR) is 80.7 cm³/mol. The summed E-state index contributed by atoms with van der Waals surface area (Å²) < 4.78 is 18.8. The van der Waals surface area contributed by atoms with Crippen LogP contribution in [-0.4, -0.2) is 19.3 Å². The normalized spacial score (nSPS) is 20.2. The lowest BCUT2D eigenvalue weighted by Crippen LogP contribution is -2.21. The second-order valence-electron chi connectivity index (χ2n) is 5.34. The van der Waals surface area contributed by atoms with E-state index in [1.54, 1.807) is 6.07 Å². The average Bonchev–Trinajstić information content (AvgIpc) is 2.91. The zero-order valence-corrected chi connectivity index (χ0v) is 12.8. The molecule has 2 nitrogen and oxygen atoms in total. The van der Waals surface area contributed by atoms with Crippen LogP contribution in [0.1, 0.15) is 50.6 Å². The summed E-state index contributed by atoms with van der Waals surface area (Å²) in [6, 6.07) is 4.85. The van der Waals surface area contributed by atoms with Gasteiger partial charge in [-0.1, -0.05) is 24.6 Å². The molecule has 0 amide bonds. The SMILES string of the molecule is CCNC(CCCC1CCCO1)c1ccc(F)cc1Cl. The first-order valence-electron chi connectivity index (χ1n) is 7.50. The number of nitrogens with one attached hydrogen (secondary N) is 1. The van der Waals surface area contributed by atoms with Crippen LogP contribution in [0.5, 0.6) is 0 Å². The fourth-order valence-corrected chi connectivity index (χ4v) is 3.12. The van der Waals surface area contributed by atoms with Crippen LogP contribution in [0.4, 0.5) is 4.39 Å². The summed E-state index contributed by atoms with van der Waals surface area (Å²) in [5, 5.41) is 3.94. The van der Waals surface area contributed by atoms with E-state index in [4.69, 9.17) is 16.3 Å². The third-order valence-corrected chi connectivity index (χ3v) is 4.16. The van der Waals surface area contributed by atoms with Crippen molar-refractivity contribution < 1.29 is 9.13 Å². The number of hydrogen-bond donors (Lipinski definition) is 1. The first-order valence-corrected chi connectivity index (χ1v) is 7.88. The molecule has 1 heterocycles. The zero-order valence-electron chi connectivity index (χ0n) is 12.0. The summed E-state index contributed by atoms with van der Waals surface area (Å²) in [4.78, 5) is 0. The molecule has 1 aromatic carbocycles. The van der Waals surface area contributed by atoms with Crippen LogP contribution in [0.25, 0.3) is 0 Å². The number of rotatable bonds is 7. The van der Waals surface area contributed by atoms with Gasteiger partial charge < -0.3 is 10.1 Å². The fraction of sp³-hybridized carbons (Fsp3) is 0.625. The molecule has 112 valence electrons. The molecule has 1 N–H and O–H groups in total. The van der Waals surface area contributed by atoms with Gasteiger partial charge in [-0.3, -0.25) is 0 Å². The van der Waals surface area contributed by atoms with Crippen LogP contribution in [0, 0.1) is 5.82 Å². The Morgan fingerprint density at radius 2 is 2.35 bits per heavy atom. The standard InChI is InChI=1S/C16H23ClFNO/c1-2-19-16(7-3-5-13-6-4-10-20-13)14-9-8-12(18)11-15(14)17/h8-9,11,13,16,19H,2-7,10H2,1H3. The monoisotopic (exact) mass is 299 g/mol. The predicted octanol–water partition coefficient (Wildman–Crippen LogP) is 4.48. The second kappa shape index (κ2) is 7.96. The number of hydrogen-bond acceptors (Lipinski definition) is 2. The van der Waals surface area contributed by atoms with Gasteiger partial charge in [-0.25, -0.2) is 4.39 Å². The molecule has 1 aliphatic heterocycles. The molecular weight excluding hydrogens is 277 g/mol. The highest BCUT2D eigenvalue weighted by Gasteiger charge is 2.18. The van der Waals surface area contributed by atoms with E-state index in [0.29, 0.717) is 11.1 Å². The van der Waals surface area contributed by atoms with Gasteiger partial charge in [-0.05, 0) is 56.3 Å². The van der Waals surface area contributed by atoms with E-state index in [0.717, 1.165) is 38.0 Å². The van der Waals surface area contributed by atoms with Crippen LogP contribution in [-0.2, 0) is 4.74 Å². The third kappa shape index (κ3) is 4.44. The molecule has 0 bridgehead atoms. The largest absolute Gasteiger partial charge is 0.378 e.